The summed E-state index contributed by atoms with van der Waals surface area (Å²) in [4.78, 5) is 33.7. The standard InChI is InChI=1S/C24H29N3O4/c1-16(2)31-18-11-9-17(10-12-18)22(28)20-21(19-8-5-6-13-25-19)27(24(30)23(20)29)15-7-14-26(3)4/h5-6,8-13,16,21,28H,7,14-15H2,1-4H3/b22-20-. The molecular weight excluding hydrogens is 394 g/mol. The van der Waals surface area contributed by atoms with Crippen LogP contribution < -0.4 is 4.74 Å². The van der Waals surface area contributed by atoms with Crippen molar-refractivity contribution in [1.29, 1.82) is 0 Å². The first-order valence-corrected chi connectivity index (χ1v) is 10.4. The number of aliphatic hydroxyl groups is 1. The van der Waals surface area contributed by atoms with Crippen molar-refractivity contribution >= 4 is 17.4 Å². The fraction of sp³-hybridized carbons (Fsp3) is 0.375. The summed E-state index contributed by atoms with van der Waals surface area (Å²) in [7, 11) is 3.91. The number of hydrogen-bond acceptors (Lipinski definition) is 6. The number of carbonyl (C=O) groups is 2. The van der Waals surface area contributed by atoms with Crippen molar-refractivity contribution < 1.29 is 19.4 Å². The molecule has 1 fully saturated rings. The summed E-state index contributed by atoms with van der Waals surface area (Å²) >= 11 is 0. The van der Waals surface area contributed by atoms with Gasteiger partial charge in [-0.2, -0.15) is 0 Å². The van der Waals surface area contributed by atoms with Gasteiger partial charge < -0.3 is 19.6 Å². The van der Waals surface area contributed by atoms with Gasteiger partial charge in [0.2, 0.25) is 0 Å². The summed E-state index contributed by atoms with van der Waals surface area (Å²) in [5.74, 6) is -0.853. The van der Waals surface area contributed by atoms with Crippen molar-refractivity contribution in [1.82, 2.24) is 14.8 Å². The van der Waals surface area contributed by atoms with E-state index in [2.05, 4.69) is 4.98 Å². The molecule has 0 aliphatic carbocycles. The molecule has 1 unspecified atom stereocenters. The maximum atomic E-state index is 13.0. The van der Waals surface area contributed by atoms with Crippen molar-refractivity contribution in [2.75, 3.05) is 27.2 Å². The van der Waals surface area contributed by atoms with Gasteiger partial charge in [0.05, 0.1) is 17.4 Å². The summed E-state index contributed by atoms with van der Waals surface area (Å²) in [6.07, 6.45) is 2.34. The normalized spacial score (nSPS) is 18.3. The molecule has 1 aliphatic heterocycles. The largest absolute Gasteiger partial charge is 0.507 e. The molecule has 1 aliphatic rings. The third kappa shape index (κ3) is 5.11. The number of rotatable bonds is 8. The number of hydrogen-bond donors (Lipinski definition) is 1. The van der Waals surface area contributed by atoms with E-state index in [0.29, 0.717) is 30.0 Å². The van der Waals surface area contributed by atoms with Gasteiger partial charge in [-0.15, -0.1) is 0 Å². The molecule has 1 saturated heterocycles. The molecule has 2 heterocycles. The van der Waals surface area contributed by atoms with Crippen molar-refractivity contribution in [3.05, 3.63) is 65.5 Å². The van der Waals surface area contributed by atoms with Gasteiger partial charge in [0.25, 0.3) is 11.7 Å². The molecule has 1 aromatic carbocycles. The number of carbonyl (C=O) groups excluding carboxylic acids is 2. The van der Waals surface area contributed by atoms with Gasteiger partial charge in [-0.25, -0.2) is 0 Å². The van der Waals surface area contributed by atoms with Crippen molar-refractivity contribution in [3.63, 3.8) is 0 Å². The predicted octanol–water partition coefficient (Wildman–Crippen LogP) is 3.24. The van der Waals surface area contributed by atoms with Crippen LogP contribution in [0.2, 0.25) is 0 Å². The molecule has 1 N–H and O–H groups in total. The predicted molar refractivity (Wildman–Crippen MR) is 119 cm³/mol. The number of ether oxygens (including phenoxy) is 1. The number of aliphatic hydroxyl groups excluding tert-OH is 1. The third-order valence-corrected chi connectivity index (χ3v) is 5.01. The van der Waals surface area contributed by atoms with Gasteiger partial charge in [0.15, 0.2) is 0 Å². The van der Waals surface area contributed by atoms with Gasteiger partial charge in [0.1, 0.15) is 17.6 Å². The Kier molecular flexibility index (Phi) is 7.07. The van der Waals surface area contributed by atoms with Gasteiger partial charge in [-0.1, -0.05) is 6.07 Å². The summed E-state index contributed by atoms with van der Waals surface area (Å²) in [5, 5.41) is 11.0. The van der Waals surface area contributed by atoms with E-state index in [9.17, 15) is 14.7 Å². The number of ketones is 1. The molecule has 0 bridgehead atoms. The first-order valence-electron chi connectivity index (χ1n) is 10.4. The van der Waals surface area contributed by atoms with Crippen LogP contribution in [0.15, 0.2) is 54.2 Å². The molecule has 2 aromatic rings. The second-order valence-electron chi connectivity index (χ2n) is 8.09. The number of pyridine rings is 1. The minimum atomic E-state index is -0.727. The highest BCUT2D eigenvalue weighted by atomic mass is 16.5. The Labute approximate surface area is 183 Å². The number of amides is 1. The van der Waals surface area contributed by atoms with Crippen LogP contribution in [0.5, 0.6) is 5.75 Å². The van der Waals surface area contributed by atoms with E-state index in [1.165, 1.54) is 4.90 Å². The molecule has 3 rings (SSSR count). The Morgan fingerprint density at radius 2 is 1.87 bits per heavy atom. The lowest BCUT2D eigenvalue weighted by atomic mass is 9.98. The van der Waals surface area contributed by atoms with Crippen molar-refractivity contribution in [3.8, 4) is 5.75 Å². The van der Waals surface area contributed by atoms with E-state index in [4.69, 9.17) is 4.74 Å². The average Bonchev–Trinajstić information content (AvgIpc) is 2.99. The molecule has 1 amide bonds. The fourth-order valence-electron chi connectivity index (χ4n) is 3.63. The number of nitrogens with zero attached hydrogens (tertiary/aromatic N) is 3. The zero-order valence-electron chi connectivity index (χ0n) is 18.4. The smallest absolute Gasteiger partial charge is 0.295 e. The van der Waals surface area contributed by atoms with E-state index in [1.807, 2.05) is 32.8 Å². The minimum absolute atomic E-state index is 0.0242. The minimum Gasteiger partial charge on any atom is -0.507 e. The van der Waals surface area contributed by atoms with Crippen LogP contribution in [0.4, 0.5) is 0 Å². The summed E-state index contributed by atoms with van der Waals surface area (Å²) in [6.45, 7) is 5.02. The highest BCUT2D eigenvalue weighted by molar-refractivity contribution is 6.46. The van der Waals surface area contributed by atoms with Gasteiger partial charge in [-0.05, 0) is 77.3 Å². The van der Waals surface area contributed by atoms with Crippen LogP contribution in [-0.2, 0) is 9.59 Å². The zero-order valence-corrected chi connectivity index (χ0v) is 18.4. The zero-order chi connectivity index (χ0) is 22.5. The Morgan fingerprint density at radius 1 is 1.16 bits per heavy atom. The van der Waals surface area contributed by atoms with Crippen molar-refractivity contribution in [2.24, 2.45) is 0 Å². The number of aromatic nitrogens is 1. The molecule has 0 saturated carbocycles. The van der Waals surface area contributed by atoms with Gasteiger partial charge in [0, 0.05) is 18.3 Å². The van der Waals surface area contributed by atoms with E-state index in [-0.39, 0.29) is 17.4 Å². The molecule has 1 atom stereocenters. The van der Waals surface area contributed by atoms with Crippen LogP contribution in [0.1, 0.15) is 37.6 Å². The number of likely N-dealkylation sites (tertiary alicyclic amines) is 1. The van der Waals surface area contributed by atoms with E-state index in [0.717, 1.165) is 6.54 Å². The Balaban J connectivity index is 2.01. The molecule has 7 heteroatoms. The lowest BCUT2D eigenvalue weighted by Gasteiger charge is -2.25. The second kappa shape index (κ2) is 9.75. The lowest BCUT2D eigenvalue weighted by molar-refractivity contribution is -0.140. The summed E-state index contributed by atoms with van der Waals surface area (Å²) in [5.41, 5.74) is 1.06. The van der Waals surface area contributed by atoms with Crippen LogP contribution in [0.25, 0.3) is 5.76 Å². The number of Topliss-reactive ketones (excluding diaryl/α,β-unsaturated/α-hetero) is 1. The Morgan fingerprint density at radius 3 is 2.45 bits per heavy atom. The molecular formula is C24H29N3O4. The highest BCUT2D eigenvalue weighted by Gasteiger charge is 2.46. The molecule has 0 spiro atoms. The number of benzene rings is 1. The van der Waals surface area contributed by atoms with Gasteiger partial charge >= 0.3 is 0 Å². The first-order chi connectivity index (χ1) is 14.8. The second-order valence-corrected chi connectivity index (χ2v) is 8.09. The maximum Gasteiger partial charge on any atom is 0.295 e. The fourth-order valence-corrected chi connectivity index (χ4v) is 3.63. The third-order valence-electron chi connectivity index (χ3n) is 5.01. The van der Waals surface area contributed by atoms with E-state index >= 15 is 0 Å². The van der Waals surface area contributed by atoms with Crippen LogP contribution in [-0.4, -0.2) is 64.9 Å². The van der Waals surface area contributed by atoms with Crippen LogP contribution in [0.3, 0.4) is 0 Å². The SMILES string of the molecule is CC(C)Oc1ccc(/C(O)=C2/C(=O)C(=O)N(CCCN(C)C)C2c2ccccn2)cc1. The van der Waals surface area contributed by atoms with Crippen molar-refractivity contribution in [2.45, 2.75) is 32.4 Å². The molecule has 31 heavy (non-hydrogen) atoms. The molecule has 1 aromatic heterocycles. The monoisotopic (exact) mass is 423 g/mol. The highest BCUT2D eigenvalue weighted by Crippen LogP contribution is 2.38. The van der Waals surface area contributed by atoms with Crippen LogP contribution in [0, 0.1) is 0 Å². The molecule has 164 valence electrons. The van der Waals surface area contributed by atoms with E-state index in [1.54, 1.807) is 48.7 Å². The quantitative estimate of drug-likeness (QED) is 0.399. The van der Waals surface area contributed by atoms with E-state index < -0.39 is 17.7 Å². The first kappa shape index (κ1) is 22.5. The topological polar surface area (TPSA) is 83.0 Å². The average molecular weight is 424 g/mol. The molecule has 0 radical (unpaired) electrons. The maximum absolute atomic E-state index is 13.0. The van der Waals surface area contributed by atoms with Gasteiger partial charge in [-0.3, -0.25) is 14.6 Å². The summed E-state index contributed by atoms with van der Waals surface area (Å²) < 4.78 is 5.64. The summed E-state index contributed by atoms with van der Waals surface area (Å²) in [6, 6.07) is 11.5. The van der Waals surface area contributed by atoms with Crippen LogP contribution >= 0.6 is 0 Å². The Hall–Kier alpha value is -3.19. The lowest BCUT2D eigenvalue weighted by Crippen LogP contribution is -2.32. The Bertz CT molecular complexity index is 953. The molecule has 7 nitrogen and oxygen atoms in total.